The van der Waals surface area contributed by atoms with Gasteiger partial charge in [0.2, 0.25) is 0 Å². The smallest absolute Gasteiger partial charge is 0.419 e. The number of unbranched alkanes of at least 4 members (excludes halogenated alkanes) is 1. The highest BCUT2D eigenvalue weighted by Gasteiger charge is 2.28. The lowest BCUT2D eigenvalue weighted by Gasteiger charge is -2.25. The summed E-state index contributed by atoms with van der Waals surface area (Å²) in [6.45, 7) is 5.16. The molecule has 0 aliphatic rings. The number of imide groups is 1. The number of hydrogen-bond donors (Lipinski definition) is 0. The van der Waals surface area contributed by atoms with Crippen molar-refractivity contribution in [2.45, 2.75) is 50.7 Å². The van der Waals surface area contributed by atoms with Crippen LogP contribution in [-0.2, 0) is 25.9 Å². The van der Waals surface area contributed by atoms with E-state index in [4.69, 9.17) is 9.47 Å². The van der Waals surface area contributed by atoms with Gasteiger partial charge in [0, 0.05) is 12.0 Å². The average Bonchev–Trinajstić information content (AvgIpc) is 2.74. The SMILES string of the molecule is CC(C)(C)OC(=O)N(CCC/C=C/S(=O)(=O)c1ccccc1)C(=O)OCc1ccccc1. The Labute approximate surface area is 189 Å². The van der Waals surface area contributed by atoms with Gasteiger partial charge in [-0.3, -0.25) is 0 Å². The fraction of sp³-hybridized carbons (Fsp3) is 0.333. The van der Waals surface area contributed by atoms with Crippen LogP contribution in [0.2, 0.25) is 0 Å². The van der Waals surface area contributed by atoms with Crippen molar-refractivity contribution in [1.29, 1.82) is 0 Å². The second kappa shape index (κ2) is 11.5. The molecule has 172 valence electrons. The molecular weight excluding hydrogens is 430 g/mol. The third kappa shape index (κ3) is 8.55. The molecule has 0 N–H and O–H groups in total. The average molecular weight is 460 g/mol. The molecule has 0 aliphatic carbocycles. The number of benzene rings is 2. The van der Waals surface area contributed by atoms with Crippen LogP contribution in [0.15, 0.2) is 77.0 Å². The lowest BCUT2D eigenvalue weighted by molar-refractivity contribution is 0.0207. The van der Waals surface area contributed by atoms with E-state index in [0.717, 1.165) is 15.9 Å². The molecule has 0 heterocycles. The van der Waals surface area contributed by atoms with E-state index in [2.05, 4.69) is 0 Å². The standard InChI is InChI=1S/C24H29NO6S/c1-24(2,3)31-23(27)25(22(26)30-19-20-13-7-4-8-14-20)17-11-6-12-18-32(28,29)21-15-9-5-10-16-21/h4-5,7-10,12-16,18H,6,11,17,19H2,1-3H3/b18-12+. The predicted octanol–water partition coefficient (Wildman–Crippen LogP) is 5.33. The van der Waals surface area contributed by atoms with E-state index in [1.807, 2.05) is 30.3 Å². The van der Waals surface area contributed by atoms with Gasteiger partial charge in [-0.05, 0) is 51.3 Å². The molecule has 0 saturated carbocycles. The van der Waals surface area contributed by atoms with E-state index in [1.165, 1.54) is 18.2 Å². The molecule has 0 atom stereocenters. The first-order chi connectivity index (χ1) is 15.1. The largest absolute Gasteiger partial charge is 0.444 e. The molecule has 8 heteroatoms. The molecule has 0 unspecified atom stereocenters. The number of carbonyl (C=O) groups is 2. The fourth-order valence-electron chi connectivity index (χ4n) is 2.62. The Morgan fingerprint density at radius 3 is 2.12 bits per heavy atom. The number of rotatable bonds is 8. The molecule has 0 bridgehead atoms. The first-order valence-electron chi connectivity index (χ1n) is 10.3. The fourth-order valence-corrected chi connectivity index (χ4v) is 3.71. The number of amides is 2. The van der Waals surface area contributed by atoms with E-state index in [-0.39, 0.29) is 18.0 Å². The van der Waals surface area contributed by atoms with Crippen LogP contribution in [0.25, 0.3) is 0 Å². The van der Waals surface area contributed by atoms with Gasteiger partial charge >= 0.3 is 12.2 Å². The predicted molar refractivity (Wildman–Crippen MR) is 122 cm³/mol. The Morgan fingerprint density at radius 1 is 0.938 bits per heavy atom. The van der Waals surface area contributed by atoms with Crippen molar-refractivity contribution in [3.05, 3.63) is 77.7 Å². The Kier molecular flexibility index (Phi) is 9.02. The molecule has 2 amide bonds. The normalized spacial score (nSPS) is 11.8. The number of sulfone groups is 1. The zero-order valence-corrected chi connectivity index (χ0v) is 19.4. The van der Waals surface area contributed by atoms with Crippen molar-refractivity contribution in [2.24, 2.45) is 0 Å². The highest BCUT2D eigenvalue weighted by Crippen LogP contribution is 2.14. The Morgan fingerprint density at radius 2 is 1.53 bits per heavy atom. The summed E-state index contributed by atoms with van der Waals surface area (Å²) in [4.78, 5) is 26.2. The van der Waals surface area contributed by atoms with Crippen molar-refractivity contribution in [1.82, 2.24) is 4.90 Å². The third-order valence-electron chi connectivity index (χ3n) is 4.14. The van der Waals surface area contributed by atoms with Crippen LogP contribution >= 0.6 is 0 Å². The Hall–Kier alpha value is -3.13. The van der Waals surface area contributed by atoms with Gasteiger partial charge in [0.1, 0.15) is 12.2 Å². The number of allylic oxidation sites excluding steroid dienone is 1. The van der Waals surface area contributed by atoms with E-state index in [1.54, 1.807) is 39.0 Å². The molecule has 0 aliphatic heterocycles. The number of nitrogens with zero attached hydrogens (tertiary/aromatic N) is 1. The van der Waals surface area contributed by atoms with Crippen molar-refractivity contribution in [3.8, 4) is 0 Å². The number of hydrogen-bond acceptors (Lipinski definition) is 6. The molecular formula is C24H29NO6S. The summed E-state index contributed by atoms with van der Waals surface area (Å²) in [5.74, 6) is 0. The van der Waals surface area contributed by atoms with Crippen molar-refractivity contribution in [3.63, 3.8) is 0 Å². The van der Waals surface area contributed by atoms with Crippen molar-refractivity contribution < 1.29 is 27.5 Å². The van der Waals surface area contributed by atoms with Crippen LogP contribution in [0.1, 0.15) is 39.2 Å². The molecule has 0 fully saturated rings. The maximum Gasteiger partial charge on any atom is 0.419 e. The minimum Gasteiger partial charge on any atom is -0.444 e. The van der Waals surface area contributed by atoms with E-state index in [0.29, 0.717) is 12.8 Å². The van der Waals surface area contributed by atoms with Crippen molar-refractivity contribution >= 4 is 22.0 Å². The van der Waals surface area contributed by atoms with Crippen LogP contribution < -0.4 is 0 Å². The van der Waals surface area contributed by atoms with Gasteiger partial charge in [-0.1, -0.05) is 54.6 Å². The molecule has 0 spiro atoms. The van der Waals surface area contributed by atoms with Gasteiger partial charge in [-0.2, -0.15) is 0 Å². The lowest BCUT2D eigenvalue weighted by Crippen LogP contribution is -2.41. The summed E-state index contributed by atoms with van der Waals surface area (Å²) in [5.41, 5.74) is 0.0117. The third-order valence-corrected chi connectivity index (χ3v) is 5.62. The molecule has 2 rings (SSSR count). The zero-order valence-electron chi connectivity index (χ0n) is 18.6. The molecule has 0 saturated heterocycles. The van der Waals surface area contributed by atoms with Crippen LogP contribution in [0.3, 0.4) is 0 Å². The van der Waals surface area contributed by atoms with Gasteiger partial charge in [-0.15, -0.1) is 0 Å². The summed E-state index contributed by atoms with van der Waals surface area (Å²) < 4.78 is 35.1. The maximum atomic E-state index is 12.5. The second-order valence-corrected chi connectivity index (χ2v) is 9.88. The molecule has 0 radical (unpaired) electrons. The highest BCUT2D eigenvalue weighted by atomic mass is 32.2. The summed E-state index contributed by atoms with van der Waals surface area (Å²) in [6.07, 6.45) is 0.573. The second-order valence-electron chi connectivity index (χ2n) is 8.04. The minimum atomic E-state index is -3.53. The van der Waals surface area contributed by atoms with E-state index < -0.39 is 27.6 Å². The Balaban J connectivity index is 1.96. The Bertz CT molecular complexity index is 1010. The van der Waals surface area contributed by atoms with Crippen molar-refractivity contribution in [2.75, 3.05) is 6.54 Å². The van der Waals surface area contributed by atoms with Crippen LogP contribution in [0, 0.1) is 0 Å². The van der Waals surface area contributed by atoms with Gasteiger partial charge in [-0.25, -0.2) is 22.9 Å². The summed E-state index contributed by atoms with van der Waals surface area (Å²) >= 11 is 0. The van der Waals surface area contributed by atoms with Crippen LogP contribution in [-0.4, -0.2) is 37.6 Å². The number of carbonyl (C=O) groups excluding carboxylic acids is 2. The molecule has 0 aromatic heterocycles. The maximum absolute atomic E-state index is 12.5. The van der Waals surface area contributed by atoms with Crippen LogP contribution in [0.4, 0.5) is 9.59 Å². The quantitative estimate of drug-likeness (QED) is 0.496. The first kappa shape index (κ1) is 25.1. The zero-order chi connectivity index (χ0) is 23.6. The number of ether oxygens (including phenoxy) is 2. The monoisotopic (exact) mass is 459 g/mol. The summed E-state index contributed by atoms with van der Waals surface area (Å²) in [6, 6.07) is 17.2. The lowest BCUT2D eigenvalue weighted by atomic mass is 10.2. The molecule has 32 heavy (non-hydrogen) atoms. The summed E-state index contributed by atoms with van der Waals surface area (Å²) in [5, 5.41) is 1.13. The van der Waals surface area contributed by atoms with Gasteiger partial charge < -0.3 is 9.47 Å². The van der Waals surface area contributed by atoms with E-state index in [9.17, 15) is 18.0 Å². The van der Waals surface area contributed by atoms with Gasteiger partial charge in [0.15, 0.2) is 9.84 Å². The van der Waals surface area contributed by atoms with Crippen LogP contribution in [0.5, 0.6) is 0 Å². The minimum absolute atomic E-state index is 0.0220. The first-order valence-corrected chi connectivity index (χ1v) is 11.8. The summed E-state index contributed by atoms with van der Waals surface area (Å²) in [7, 11) is -3.53. The molecule has 7 nitrogen and oxygen atoms in total. The van der Waals surface area contributed by atoms with E-state index >= 15 is 0 Å². The molecule has 2 aromatic carbocycles. The van der Waals surface area contributed by atoms with Gasteiger partial charge in [0.25, 0.3) is 0 Å². The topological polar surface area (TPSA) is 90.0 Å². The molecule has 2 aromatic rings. The van der Waals surface area contributed by atoms with Gasteiger partial charge in [0.05, 0.1) is 4.90 Å². The highest BCUT2D eigenvalue weighted by molar-refractivity contribution is 7.94.